The van der Waals surface area contributed by atoms with Crippen LogP contribution in [-0.4, -0.2) is 22.6 Å². The standard InChI is InChI=1S/C10H14N2O2.2C2H6/c1-8(14)12-10(2,7-13)9-5-3-4-6-11-9;2*1-2/h3-6,13H,7H2,1-2H3,(H,12,14);2*1-2H3. The van der Waals surface area contributed by atoms with E-state index in [4.69, 9.17) is 0 Å². The van der Waals surface area contributed by atoms with Crippen LogP contribution in [0.5, 0.6) is 0 Å². The number of aliphatic hydroxyl groups is 1. The lowest BCUT2D eigenvalue weighted by atomic mass is 9.98. The number of nitrogens with one attached hydrogen (secondary N) is 1. The summed E-state index contributed by atoms with van der Waals surface area (Å²) in [7, 11) is 0. The van der Waals surface area contributed by atoms with E-state index in [1.165, 1.54) is 6.92 Å². The number of hydrogen-bond donors (Lipinski definition) is 2. The summed E-state index contributed by atoms with van der Waals surface area (Å²) in [5.74, 6) is -0.188. The molecule has 0 aliphatic carbocycles. The summed E-state index contributed by atoms with van der Waals surface area (Å²) in [4.78, 5) is 15.0. The van der Waals surface area contributed by atoms with E-state index in [1.54, 1.807) is 25.3 Å². The average molecular weight is 254 g/mol. The number of nitrogens with zero attached hydrogens (tertiary/aromatic N) is 1. The Kier molecular flexibility index (Phi) is 11.3. The molecule has 18 heavy (non-hydrogen) atoms. The summed E-state index contributed by atoms with van der Waals surface area (Å²) >= 11 is 0. The molecule has 0 saturated carbocycles. The zero-order valence-electron chi connectivity index (χ0n) is 12.3. The van der Waals surface area contributed by atoms with Crippen LogP contribution in [0, 0.1) is 0 Å². The third kappa shape index (κ3) is 6.35. The van der Waals surface area contributed by atoms with Gasteiger partial charge in [0.1, 0.15) is 5.54 Å². The molecule has 2 N–H and O–H groups in total. The molecule has 1 atom stereocenters. The van der Waals surface area contributed by atoms with Gasteiger partial charge in [-0.1, -0.05) is 33.8 Å². The van der Waals surface area contributed by atoms with Crippen molar-refractivity contribution in [1.82, 2.24) is 10.3 Å². The highest BCUT2D eigenvalue weighted by Crippen LogP contribution is 2.16. The summed E-state index contributed by atoms with van der Waals surface area (Å²) in [6.45, 7) is 11.0. The summed E-state index contributed by atoms with van der Waals surface area (Å²) in [6.07, 6.45) is 1.63. The maximum atomic E-state index is 10.9. The van der Waals surface area contributed by atoms with E-state index in [9.17, 15) is 9.90 Å². The van der Waals surface area contributed by atoms with Crippen molar-refractivity contribution in [3.8, 4) is 0 Å². The van der Waals surface area contributed by atoms with Crippen molar-refractivity contribution in [2.75, 3.05) is 6.61 Å². The number of carbonyl (C=O) groups is 1. The van der Waals surface area contributed by atoms with Crippen molar-refractivity contribution in [1.29, 1.82) is 0 Å². The highest BCUT2D eigenvalue weighted by molar-refractivity contribution is 5.74. The van der Waals surface area contributed by atoms with E-state index in [2.05, 4.69) is 10.3 Å². The highest BCUT2D eigenvalue weighted by Gasteiger charge is 2.27. The topological polar surface area (TPSA) is 62.2 Å². The first-order chi connectivity index (χ1) is 8.58. The lowest BCUT2D eigenvalue weighted by Crippen LogP contribution is -2.45. The third-order valence-electron chi connectivity index (χ3n) is 2.00. The fourth-order valence-corrected chi connectivity index (χ4v) is 1.26. The van der Waals surface area contributed by atoms with E-state index >= 15 is 0 Å². The molecule has 0 fully saturated rings. The monoisotopic (exact) mass is 254 g/mol. The first-order valence-electron chi connectivity index (χ1n) is 6.39. The fraction of sp³-hybridized carbons (Fsp3) is 0.571. The molecule has 0 radical (unpaired) electrons. The number of hydrogen-bond acceptors (Lipinski definition) is 3. The molecule has 0 bridgehead atoms. The second kappa shape index (κ2) is 10.7. The normalized spacial score (nSPS) is 11.9. The van der Waals surface area contributed by atoms with Gasteiger partial charge in [-0.3, -0.25) is 9.78 Å². The van der Waals surface area contributed by atoms with Crippen molar-refractivity contribution in [2.24, 2.45) is 0 Å². The minimum atomic E-state index is -0.799. The van der Waals surface area contributed by atoms with E-state index in [1.807, 2.05) is 33.8 Å². The summed E-state index contributed by atoms with van der Waals surface area (Å²) in [5.41, 5.74) is -0.148. The Morgan fingerprint density at radius 3 is 2.22 bits per heavy atom. The highest BCUT2D eigenvalue weighted by atomic mass is 16.3. The number of rotatable bonds is 3. The molecule has 1 aromatic heterocycles. The number of aromatic nitrogens is 1. The molecule has 0 spiro atoms. The molecule has 1 heterocycles. The molecule has 1 rings (SSSR count). The molecule has 0 aromatic carbocycles. The minimum absolute atomic E-state index is 0.177. The van der Waals surface area contributed by atoms with Crippen LogP contribution in [0.25, 0.3) is 0 Å². The van der Waals surface area contributed by atoms with Gasteiger partial charge in [-0.05, 0) is 19.1 Å². The molecule has 1 aromatic rings. The lowest BCUT2D eigenvalue weighted by molar-refractivity contribution is -0.121. The summed E-state index contributed by atoms with van der Waals surface area (Å²) in [6, 6.07) is 5.37. The zero-order valence-corrected chi connectivity index (χ0v) is 12.3. The first kappa shape index (κ1) is 18.9. The van der Waals surface area contributed by atoms with Gasteiger partial charge < -0.3 is 10.4 Å². The van der Waals surface area contributed by atoms with Crippen LogP contribution in [0.4, 0.5) is 0 Å². The first-order valence-corrected chi connectivity index (χ1v) is 6.39. The Morgan fingerprint density at radius 2 is 1.89 bits per heavy atom. The molecule has 4 heteroatoms. The van der Waals surface area contributed by atoms with Crippen molar-refractivity contribution >= 4 is 5.91 Å². The van der Waals surface area contributed by atoms with Gasteiger partial charge in [0.15, 0.2) is 0 Å². The second-order valence-corrected chi connectivity index (χ2v) is 3.39. The number of aliphatic hydroxyl groups excluding tert-OH is 1. The average Bonchev–Trinajstić information content (AvgIpc) is 2.43. The Morgan fingerprint density at radius 1 is 1.33 bits per heavy atom. The summed E-state index contributed by atoms with van der Waals surface area (Å²) in [5, 5.41) is 11.9. The van der Waals surface area contributed by atoms with Gasteiger partial charge in [0, 0.05) is 13.1 Å². The SMILES string of the molecule is CC.CC.CC(=O)NC(C)(CO)c1ccccn1. The van der Waals surface area contributed by atoms with E-state index in [0.29, 0.717) is 5.69 Å². The molecule has 0 aliphatic heterocycles. The molecular formula is C14H26N2O2. The van der Waals surface area contributed by atoms with E-state index in [-0.39, 0.29) is 12.5 Å². The molecule has 1 unspecified atom stereocenters. The van der Waals surface area contributed by atoms with Gasteiger partial charge >= 0.3 is 0 Å². The van der Waals surface area contributed by atoms with Crippen molar-refractivity contribution in [2.45, 2.75) is 47.1 Å². The van der Waals surface area contributed by atoms with Gasteiger partial charge in [-0.25, -0.2) is 0 Å². The molecule has 1 amide bonds. The number of amides is 1. The Balaban J connectivity index is 0. The molecule has 4 nitrogen and oxygen atoms in total. The quantitative estimate of drug-likeness (QED) is 0.871. The molecule has 0 saturated heterocycles. The van der Waals surface area contributed by atoms with Gasteiger partial charge in [-0.15, -0.1) is 0 Å². The molecule has 0 aliphatic rings. The van der Waals surface area contributed by atoms with Crippen molar-refractivity contribution in [3.63, 3.8) is 0 Å². The Labute approximate surface area is 110 Å². The van der Waals surface area contributed by atoms with E-state index < -0.39 is 5.54 Å². The predicted octanol–water partition coefficient (Wildman–Crippen LogP) is 2.48. The van der Waals surface area contributed by atoms with E-state index in [0.717, 1.165) is 0 Å². The number of carbonyl (C=O) groups excluding carboxylic acids is 1. The smallest absolute Gasteiger partial charge is 0.217 e. The lowest BCUT2D eigenvalue weighted by Gasteiger charge is -2.27. The maximum absolute atomic E-state index is 10.9. The zero-order chi connectivity index (χ0) is 14.6. The van der Waals surface area contributed by atoms with Crippen LogP contribution in [0.3, 0.4) is 0 Å². The van der Waals surface area contributed by atoms with Gasteiger partial charge in [0.25, 0.3) is 0 Å². The predicted molar refractivity (Wildman–Crippen MR) is 75.2 cm³/mol. The molecular weight excluding hydrogens is 228 g/mol. The van der Waals surface area contributed by atoms with Crippen LogP contribution >= 0.6 is 0 Å². The summed E-state index contributed by atoms with van der Waals surface area (Å²) < 4.78 is 0. The van der Waals surface area contributed by atoms with Crippen LogP contribution in [-0.2, 0) is 10.3 Å². The fourth-order valence-electron chi connectivity index (χ4n) is 1.26. The van der Waals surface area contributed by atoms with Gasteiger partial charge in [0.05, 0.1) is 12.3 Å². The van der Waals surface area contributed by atoms with Crippen LogP contribution < -0.4 is 5.32 Å². The van der Waals surface area contributed by atoms with Crippen LogP contribution in [0.15, 0.2) is 24.4 Å². The maximum Gasteiger partial charge on any atom is 0.217 e. The van der Waals surface area contributed by atoms with Gasteiger partial charge in [0.2, 0.25) is 5.91 Å². The van der Waals surface area contributed by atoms with Crippen LogP contribution in [0.2, 0.25) is 0 Å². The van der Waals surface area contributed by atoms with Gasteiger partial charge in [-0.2, -0.15) is 0 Å². The second-order valence-electron chi connectivity index (χ2n) is 3.39. The molecule has 104 valence electrons. The van der Waals surface area contributed by atoms with Crippen LogP contribution in [0.1, 0.15) is 47.2 Å². The largest absolute Gasteiger partial charge is 0.394 e. The third-order valence-corrected chi connectivity index (χ3v) is 2.00. The van der Waals surface area contributed by atoms with Crippen molar-refractivity contribution < 1.29 is 9.90 Å². The Bertz CT molecular complexity index is 315. The van der Waals surface area contributed by atoms with Crippen molar-refractivity contribution in [3.05, 3.63) is 30.1 Å². The number of pyridine rings is 1. The Hall–Kier alpha value is -1.42. The minimum Gasteiger partial charge on any atom is -0.394 e.